The van der Waals surface area contributed by atoms with E-state index in [2.05, 4.69) is 11.4 Å². The first-order valence-corrected chi connectivity index (χ1v) is 9.76. The third-order valence-corrected chi connectivity index (χ3v) is 6.53. The van der Waals surface area contributed by atoms with Gasteiger partial charge in [-0.3, -0.25) is 14.5 Å². The first-order chi connectivity index (χ1) is 15.0. The number of aliphatic hydroxyl groups excluding tert-OH is 3. The highest BCUT2D eigenvalue weighted by atomic mass is 16.7. The Morgan fingerprint density at radius 2 is 1.78 bits per heavy atom. The summed E-state index contributed by atoms with van der Waals surface area (Å²) >= 11 is 0. The topological polar surface area (TPSA) is 171 Å². The zero-order valence-electron chi connectivity index (χ0n) is 17.3. The van der Waals surface area contributed by atoms with Crippen LogP contribution in [0, 0.1) is 17.8 Å². The number of carbonyl (C=O) groups is 3. The van der Waals surface area contributed by atoms with Gasteiger partial charge in [0, 0.05) is 17.4 Å². The second-order valence-electron chi connectivity index (χ2n) is 8.31. The van der Waals surface area contributed by atoms with Crippen molar-refractivity contribution in [2.75, 3.05) is 14.1 Å². The number of hydrogen-bond donors (Lipinski definition) is 5. The van der Waals surface area contributed by atoms with Crippen molar-refractivity contribution >= 4 is 28.9 Å². The van der Waals surface area contributed by atoms with Crippen LogP contribution in [0.25, 0.3) is 11.3 Å². The molecule has 168 valence electrons. The molecule has 1 aromatic rings. The summed E-state index contributed by atoms with van der Waals surface area (Å²) in [5.74, 6) is -3.72. The van der Waals surface area contributed by atoms with Gasteiger partial charge in [0.25, 0.3) is 0 Å². The van der Waals surface area contributed by atoms with Crippen LogP contribution in [-0.2, 0) is 19.2 Å². The van der Waals surface area contributed by atoms with Gasteiger partial charge in [0.05, 0.1) is 23.6 Å². The summed E-state index contributed by atoms with van der Waals surface area (Å²) in [6.07, 6.45) is -1.44. The molecule has 1 unspecified atom stereocenters. The van der Waals surface area contributed by atoms with Crippen LogP contribution in [0.2, 0.25) is 0 Å². The molecule has 1 saturated carbocycles. The smallest absolute Gasteiger partial charge is 0.363 e. The van der Waals surface area contributed by atoms with Gasteiger partial charge < -0.3 is 25.3 Å². The van der Waals surface area contributed by atoms with Crippen molar-refractivity contribution in [3.8, 4) is 5.75 Å². The number of likely N-dealkylation sites (N-methyl/N-ethyl adjacent to an activating group) is 1. The number of phenols is 1. The number of fused-ring (bicyclic) bond motifs is 3. The van der Waals surface area contributed by atoms with Crippen LogP contribution < -0.4 is 5.90 Å². The maximum absolute atomic E-state index is 13.6. The minimum absolute atomic E-state index is 0.0323. The quantitative estimate of drug-likeness (QED) is 0.242. The van der Waals surface area contributed by atoms with E-state index in [-0.39, 0.29) is 22.5 Å². The van der Waals surface area contributed by atoms with E-state index in [4.69, 9.17) is 5.90 Å². The standard InChI is InChI=1S/C22H22N2O8/c1-7-8-5-4-6-9(25)11(8)18(27)13-10(7)17(26)12-14(19(13)28)20(29)15(22(31)32-23)21(30)16(12)24(2)3/h4-6,10,12,14,16-17,25-27,30H,1,23H2,2-3H3/t10-,12-,14?,16+,17+/m1/s1. The van der Waals surface area contributed by atoms with Crippen molar-refractivity contribution in [3.05, 3.63) is 52.8 Å². The summed E-state index contributed by atoms with van der Waals surface area (Å²) in [5, 5.41) is 43.3. The molecule has 0 amide bonds. The highest BCUT2D eigenvalue weighted by Gasteiger charge is 2.60. The van der Waals surface area contributed by atoms with Crippen LogP contribution >= 0.6 is 0 Å². The maximum Gasteiger partial charge on any atom is 0.363 e. The number of carbonyl (C=O) groups excluding carboxylic acids is 3. The molecule has 10 heteroatoms. The predicted molar refractivity (Wildman–Crippen MR) is 111 cm³/mol. The van der Waals surface area contributed by atoms with Crippen LogP contribution in [0.15, 0.2) is 41.7 Å². The van der Waals surface area contributed by atoms with Crippen molar-refractivity contribution in [1.82, 2.24) is 4.90 Å². The van der Waals surface area contributed by atoms with Gasteiger partial charge in [-0.15, -0.1) is 0 Å². The summed E-state index contributed by atoms with van der Waals surface area (Å²) in [6, 6.07) is 3.33. The molecule has 10 nitrogen and oxygen atoms in total. The molecular formula is C22H22N2O8. The number of aromatic hydroxyl groups is 1. The number of benzene rings is 1. The fraction of sp³-hybridized carbons (Fsp3) is 0.318. The van der Waals surface area contributed by atoms with Gasteiger partial charge >= 0.3 is 5.97 Å². The molecule has 5 atom stereocenters. The molecule has 0 aromatic heterocycles. The first kappa shape index (κ1) is 21.8. The van der Waals surface area contributed by atoms with Gasteiger partial charge in [-0.2, -0.15) is 5.90 Å². The van der Waals surface area contributed by atoms with Crippen molar-refractivity contribution in [1.29, 1.82) is 0 Å². The Hall–Kier alpha value is -3.47. The molecule has 0 bridgehead atoms. The van der Waals surface area contributed by atoms with E-state index in [1.165, 1.54) is 17.0 Å². The van der Waals surface area contributed by atoms with Crippen LogP contribution in [0.3, 0.4) is 0 Å². The molecule has 3 aliphatic carbocycles. The van der Waals surface area contributed by atoms with E-state index in [0.717, 1.165) is 0 Å². The number of nitrogens with two attached hydrogens (primary N) is 1. The van der Waals surface area contributed by atoms with E-state index in [1.54, 1.807) is 20.2 Å². The molecule has 1 fully saturated rings. The predicted octanol–water partition coefficient (Wildman–Crippen LogP) is 0.222. The van der Waals surface area contributed by atoms with E-state index in [0.29, 0.717) is 5.56 Å². The van der Waals surface area contributed by atoms with Crippen molar-refractivity contribution in [2.24, 2.45) is 23.7 Å². The number of phenolic OH excluding ortho intramolecular Hbond substituents is 1. The maximum atomic E-state index is 13.6. The highest BCUT2D eigenvalue weighted by Crippen LogP contribution is 2.53. The van der Waals surface area contributed by atoms with Gasteiger partial charge in [-0.1, -0.05) is 18.7 Å². The van der Waals surface area contributed by atoms with Crippen LogP contribution in [-0.4, -0.2) is 69.1 Å². The SMILES string of the molecule is C=C1c2cccc(O)c2C(O)=C2C(=O)C3C(=O)C(C(=O)ON)=C(O)[C@@H](N(C)C)[C@@H]3[C@@H](O)[C@H]12. The van der Waals surface area contributed by atoms with E-state index in [9.17, 15) is 34.8 Å². The third kappa shape index (κ3) is 2.67. The summed E-state index contributed by atoms with van der Waals surface area (Å²) in [7, 11) is 3.09. The lowest BCUT2D eigenvalue weighted by atomic mass is 9.57. The number of hydrogen-bond acceptors (Lipinski definition) is 10. The van der Waals surface area contributed by atoms with Crippen molar-refractivity contribution in [3.63, 3.8) is 0 Å². The van der Waals surface area contributed by atoms with Crippen molar-refractivity contribution < 1.29 is 39.6 Å². The Balaban J connectivity index is 1.99. The van der Waals surface area contributed by atoms with Gasteiger partial charge in [0.2, 0.25) is 0 Å². The Kier molecular flexibility index (Phi) is 4.96. The number of rotatable bonds is 2. The molecule has 32 heavy (non-hydrogen) atoms. The molecule has 6 N–H and O–H groups in total. The number of ketones is 2. The lowest BCUT2D eigenvalue weighted by molar-refractivity contribution is -0.147. The summed E-state index contributed by atoms with van der Waals surface area (Å²) in [4.78, 5) is 44.5. The number of nitrogens with zero attached hydrogens (tertiary/aromatic N) is 1. The monoisotopic (exact) mass is 442 g/mol. The van der Waals surface area contributed by atoms with Crippen LogP contribution in [0.5, 0.6) is 5.75 Å². The molecule has 0 saturated heterocycles. The van der Waals surface area contributed by atoms with E-state index < -0.39 is 64.5 Å². The summed E-state index contributed by atoms with van der Waals surface area (Å²) in [6.45, 7) is 3.97. The second-order valence-corrected chi connectivity index (χ2v) is 8.31. The number of Topliss-reactive ketones (excluding diaryl/α,β-unsaturated/α-hetero) is 2. The largest absolute Gasteiger partial charge is 0.510 e. The van der Waals surface area contributed by atoms with Crippen LogP contribution in [0.4, 0.5) is 0 Å². The fourth-order valence-corrected chi connectivity index (χ4v) is 5.22. The Morgan fingerprint density at radius 1 is 1.12 bits per heavy atom. The third-order valence-electron chi connectivity index (χ3n) is 6.53. The zero-order chi connectivity index (χ0) is 23.6. The molecule has 1 aromatic carbocycles. The second kappa shape index (κ2) is 7.30. The first-order valence-electron chi connectivity index (χ1n) is 9.76. The lowest BCUT2D eigenvalue weighted by Gasteiger charge is -2.49. The minimum atomic E-state index is -1.60. The average Bonchev–Trinajstić information content (AvgIpc) is 2.73. The van der Waals surface area contributed by atoms with Gasteiger partial charge in [-0.25, -0.2) is 4.79 Å². The van der Waals surface area contributed by atoms with Crippen molar-refractivity contribution in [2.45, 2.75) is 12.1 Å². The molecule has 4 rings (SSSR count). The van der Waals surface area contributed by atoms with Crippen LogP contribution in [0.1, 0.15) is 11.1 Å². The van der Waals surface area contributed by atoms with E-state index in [1.807, 2.05) is 0 Å². The normalized spacial score (nSPS) is 29.7. The lowest BCUT2D eigenvalue weighted by Crippen LogP contribution is -2.60. The Morgan fingerprint density at radius 3 is 2.38 bits per heavy atom. The van der Waals surface area contributed by atoms with E-state index >= 15 is 0 Å². The summed E-state index contributed by atoms with van der Waals surface area (Å²) in [5.41, 5.74) is -0.495. The Labute approximate surface area is 182 Å². The fourth-order valence-electron chi connectivity index (χ4n) is 5.22. The molecule has 0 heterocycles. The molecule has 3 aliphatic rings. The number of aliphatic hydroxyl groups is 3. The molecule has 0 spiro atoms. The molecular weight excluding hydrogens is 420 g/mol. The van der Waals surface area contributed by atoms with Gasteiger partial charge in [0.1, 0.15) is 22.8 Å². The molecule has 0 radical (unpaired) electrons. The Bertz CT molecular complexity index is 1150. The van der Waals surface area contributed by atoms with Gasteiger partial charge in [-0.05, 0) is 31.3 Å². The van der Waals surface area contributed by atoms with Gasteiger partial charge in [0.15, 0.2) is 11.6 Å². The average molecular weight is 442 g/mol. The highest BCUT2D eigenvalue weighted by molar-refractivity contribution is 6.28. The molecule has 0 aliphatic heterocycles. The minimum Gasteiger partial charge on any atom is -0.510 e. The summed E-state index contributed by atoms with van der Waals surface area (Å²) < 4.78 is 0. The zero-order valence-corrected chi connectivity index (χ0v) is 17.3.